The van der Waals surface area contributed by atoms with Gasteiger partial charge in [0, 0.05) is 6.42 Å². The molecule has 2 amide bonds. The van der Waals surface area contributed by atoms with Crippen LogP contribution >= 0.6 is 0 Å². The molecule has 3 rings (SSSR count). The lowest BCUT2D eigenvalue weighted by Gasteiger charge is -2.16. The summed E-state index contributed by atoms with van der Waals surface area (Å²) in [5.41, 5.74) is 5.85. The van der Waals surface area contributed by atoms with E-state index in [0.29, 0.717) is 5.56 Å². The van der Waals surface area contributed by atoms with E-state index in [2.05, 4.69) is 11.2 Å². The molecule has 3 N–H and O–H groups in total. The predicted octanol–water partition coefficient (Wildman–Crippen LogP) is 2.60. The Morgan fingerprint density at radius 2 is 1.58 bits per heavy atom. The molecule has 0 saturated heterocycles. The number of nitrogens with one attached hydrogen (secondary N) is 1. The number of fused-ring (bicyclic) bond motifs is 2. The van der Waals surface area contributed by atoms with Crippen LogP contribution in [-0.2, 0) is 4.79 Å². The molecule has 4 heteroatoms. The maximum absolute atomic E-state index is 12.9. The van der Waals surface area contributed by atoms with Gasteiger partial charge in [-0.25, -0.2) is 0 Å². The Hall–Kier alpha value is -3.32. The van der Waals surface area contributed by atoms with Crippen LogP contribution in [0.5, 0.6) is 0 Å². The number of rotatable bonds is 4. The molecule has 1 atom stereocenters. The van der Waals surface area contributed by atoms with E-state index < -0.39 is 11.9 Å². The van der Waals surface area contributed by atoms with Crippen molar-refractivity contribution >= 4 is 33.4 Å². The average molecular weight is 316 g/mol. The number of hydrogen-bond acceptors (Lipinski definition) is 2. The molecule has 0 bridgehead atoms. The number of nitrogens with two attached hydrogens (primary N) is 1. The number of benzene rings is 3. The fourth-order valence-electron chi connectivity index (χ4n) is 2.83. The summed E-state index contributed by atoms with van der Waals surface area (Å²) in [6, 6.07) is 16.4. The van der Waals surface area contributed by atoms with Crippen LogP contribution in [-0.4, -0.2) is 17.9 Å². The SMILES string of the molecule is C#CC[C@H](NC(=O)c1c2ccccc2cc2ccccc12)C(N)=O. The molecule has 0 aliphatic heterocycles. The van der Waals surface area contributed by atoms with Crippen LogP contribution in [0.1, 0.15) is 16.8 Å². The van der Waals surface area contributed by atoms with Gasteiger partial charge in [-0.05, 0) is 27.6 Å². The highest BCUT2D eigenvalue weighted by Crippen LogP contribution is 2.28. The molecule has 0 aliphatic rings. The first-order valence-electron chi connectivity index (χ1n) is 7.56. The smallest absolute Gasteiger partial charge is 0.253 e. The number of carbonyl (C=O) groups excluding carboxylic acids is 2. The highest BCUT2D eigenvalue weighted by Gasteiger charge is 2.21. The summed E-state index contributed by atoms with van der Waals surface area (Å²) in [5.74, 6) is 1.36. The Labute approximate surface area is 139 Å². The minimum Gasteiger partial charge on any atom is -0.368 e. The summed E-state index contributed by atoms with van der Waals surface area (Å²) in [6.45, 7) is 0. The van der Waals surface area contributed by atoms with Gasteiger partial charge in [-0.1, -0.05) is 48.5 Å². The first-order valence-corrected chi connectivity index (χ1v) is 7.56. The third-order valence-electron chi connectivity index (χ3n) is 3.97. The lowest BCUT2D eigenvalue weighted by atomic mass is 9.96. The zero-order valence-electron chi connectivity index (χ0n) is 13.0. The van der Waals surface area contributed by atoms with Crippen molar-refractivity contribution < 1.29 is 9.59 Å². The van der Waals surface area contributed by atoms with E-state index in [0.717, 1.165) is 21.5 Å². The number of amides is 2. The number of terminal acetylenes is 1. The lowest BCUT2D eigenvalue weighted by molar-refractivity contribution is -0.119. The standard InChI is InChI=1S/C20H16N2O2/c1-2-7-17(19(21)23)22-20(24)18-15-10-5-3-8-13(15)12-14-9-4-6-11-16(14)18/h1,3-6,8-12,17H,7H2,(H2,21,23)(H,22,24)/t17-/m0/s1. The molecule has 3 aromatic rings. The van der Waals surface area contributed by atoms with E-state index in [1.165, 1.54) is 0 Å². The van der Waals surface area contributed by atoms with E-state index in [1.807, 2.05) is 54.6 Å². The summed E-state index contributed by atoms with van der Waals surface area (Å²) in [5, 5.41) is 6.20. The quantitative estimate of drug-likeness (QED) is 0.573. The predicted molar refractivity (Wildman–Crippen MR) is 95.4 cm³/mol. The van der Waals surface area contributed by atoms with E-state index in [9.17, 15) is 9.59 Å². The van der Waals surface area contributed by atoms with Gasteiger partial charge in [0.05, 0.1) is 5.56 Å². The maximum atomic E-state index is 12.9. The Morgan fingerprint density at radius 3 is 2.08 bits per heavy atom. The van der Waals surface area contributed by atoms with E-state index >= 15 is 0 Å². The summed E-state index contributed by atoms with van der Waals surface area (Å²) < 4.78 is 0. The second-order valence-electron chi connectivity index (χ2n) is 5.53. The van der Waals surface area contributed by atoms with Crippen molar-refractivity contribution in [3.05, 3.63) is 60.2 Å². The fourth-order valence-corrected chi connectivity index (χ4v) is 2.83. The van der Waals surface area contributed by atoms with Crippen molar-refractivity contribution in [2.45, 2.75) is 12.5 Å². The van der Waals surface area contributed by atoms with Crippen LogP contribution in [0.2, 0.25) is 0 Å². The fraction of sp³-hybridized carbons (Fsp3) is 0.100. The zero-order valence-corrected chi connectivity index (χ0v) is 13.0. The summed E-state index contributed by atoms with van der Waals surface area (Å²) >= 11 is 0. The van der Waals surface area contributed by atoms with Gasteiger partial charge in [-0.3, -0.25) is 9.59 Å². The van der Waals surface area contributed by atoms with Crippen molar-refractivity contribution in [3.8, 4) is 12.3 Å². The molecule has 118 valence electrons. The maximum Gasteiger partial charge on any atom is 0.253 e. The first kappa shape index (κ1) is 15.6. The first-order chi connectivity index (χ1) is 11.6. The zero-order chi connectivity index (χ0) is 17.1. The van der Waals surface area contributed by atoms with E-state index in [1.54, 1.807) is 0 Å². The third kappa shape index (κ3) is 2.80. The number of carbonyl (C=O) groups is 2. The van der Waals surface area contributed by atoms with Crippen LogP contribution in [0.3, 0.4) is 0 Å². The van der Waals surface area contributed by atoms with Crippen LogP contribution in [0.15, 0.2) is 54.6 Å². The van der Waals surface area contributed by atoms with Crippen LogP contribution < -0.4 is 11.1 Å². The molecular formula is C20H16N2O2. The van der Waals surface area contributed by atoms with Crippen LogP contribution in [0, 0.1) is 12.3 Å². The lowest BCUT2D eigenvalue weighted by Crippen LogP contribution is -2.44. The van der Waals surface area contributed by atoms with Crippen LogP contribution in [0.4, 0.5) is 0 Å². The van der Waals surface area contributed by atoms with Gasteiger partial charge in [0.2, 0.25) is 5.91 Å². The Kier molecular flexibility index (Phi) is 4.17. The van der Waals surface area contributed by atoms with Crippen molar-refractivity contribution in [3.63, 3.8) is 0 Å². The molecule has 0 aromatic heterocycles. The van der Waals surface area contributed by atoms with E-state index in [-0.39, 0.29) is 12.3 Å². The Balaban J connectivity index is 2.17. The largest absolute Gasteiger partial charge is 0.368 e. The molecule has 0 unspecified atom stereocenters. The van der Waals surface area contributed by atoms with E-state index in [4.69, 9.17) is 12.2 Å². The number of primary amides is 1. The topological polar surface area (TPSA) is 72.2 Å². The monoisotopic (exact) mass is 316 g/mol. The van der Waals surface area contributed by atoms with Gasteiger partial charge in [-0.15, -0.1) is 12.3 Å². The van der Waals surface area contributed by atoms with Gasteiger partial charge in [0.15, 0.2) is 0 Å². The molecule has 0 heterocycles. The molecule has 0 fully saturated rings. The highest BCUT2D eigenvalue weighted by atomic mass is 16.2. The molecular weight excluding hydrogens is 300 g/mol. The van der Waals surface area contributed by atoms with Gasteiger partial charge in [0.25, 0.3) is 5.91 Å². The third-order valence-corrected chi connectivity index (χ3v) is 3.97. The second kappa shape index (κ2) is 6.43. The summed E-state index contributed by atoms with van der Waals surface area (Å²) in [7, 11) is 0. The van der Waals surface area contributed by atoms with Crippen molar-refractivity contribution in [1.82, 2.24) is 5.32 Å². The Morgan fingerprint density at radius 1 is 1.04 bits per heavy atom. The normalized spacial score (nSPS) is 11.8. The second-order valence-corrected chi connectivity index (χ2v) is 5.53. The van der Waals surface area contributed by atoms with Crippen molar-refractivity contribution in [2.75, 3.05) is 0 Å². The van der Waals surface area contributed by atoms with Gasteiger partial charge < -0.3 is 11.1 Å². The molecule has 0 radical (unpaired) electrons. The molecule has 4 nitrogen and oxygen atoms in total. The minimum absolute atomic E-state index is 0.0593. The van der Waals surface area contributed by atoms with Crippen molar-refractivity contribution in [2.24, 2.45) is 5.73 Å². The highest BCUT2D eigenvalue weighted by molar-refractivity contribution is 6.18. The Bertz CT molecular complexity index is 932. The molecule has 0 aliphatic carbocycles. The summed E-state index contributed by atoms with van der Waals surface area (Å²) in [6.07, 6.45) is 5.31. The van der Waals surface area contributed by atoms with Gasteiger partial charge in [0.1, 0.15) is 6.04 Å². The van der Waals surface area contributed by atoms with Gasteiger partial charge >= 0.3 is 0 Å². The van der Waals surface area contributed by atoms with Crippen molar-refractivity contribution in [1.29, 1.82) is 0 Å². The molecule has 0 saturated carbocycles. The molecule has 0 spiro atoms. The molecule has 24 heavy (non-hydrogen) atoms. The molecule has 3 aromatic carbocycles. The summed E-state index contributed by atoms with van der Waals surface area (Å²) in [4.78, 5) is 24.4. The van der Waals surface area contributed by atoms with Gasteiger partial charge in [-0.2, -0.15) is 0 Å². The minimum atomic E-state index is -0.889. The number of hydrogen-bond donors (Lipinski definition) is 2. The van der Waals surface area contributed by atoms with Crippen LogP contribution in [0.25, 0.3) is 21.5 Å². The average Bonchev–Trinajstić information content (AvgIpc) is 2.58.